The van der Waals surface area contributed by atoms with Gasteiger partial charge in [0.2, 0.25) is 0 Å². The molecule has 4 rings (SSSR count). The Bertz CT molecular complexity index is 1100. The Morgan fingerprint density at radius 2 is 2.10 bits per heavy atom. The summed E-state index contributed by atoms with van der Waals surface area (Å²) in [6.45, 7) is 7.10. The van der Waals surface area contributed by atoms with Crippen molar-refractivity contribution in [2.45, 2.75) is 52.3 Å². The van der Waals surface area contributed by atoms with E-state index in [-0.39, 0.29) is 11.7 Å². The third-order valence-electron chi connectivity index (χ3n) is 4.81. The summed E-state index contributed by atoms with van der Waals surface area (Å²) < 4.78 is 7.14. The van der Waals surface area contributed by atoms with Crippen molar-refractivity contribution in [1.82, 2.24) is 19.4 Å². The normalized spacial score (nSPS) is 14.1. The van der Waals surface area contributed by atoms with Crippen molar-refractivity contribution in [2.75, 3.05) is 6.54 Å². The number of hydrogen-bond donors (Lipinski definition) is 0. The van der Waals surface area contributed by atoms with Crippen molar-refractivity contribution in [2.24, 2.45) is 0 Å². The summed E-state index contributed by atoms with van der Waals surface area (Å²) in [5.74, 6) is 0. The summed E-state index contributed by atoms with van der Waals surface area (Å²) in [6.07, 6.45) is 4.36. The first-order valence-electron chi connectivity index (χ1n) is 9.69. The molecule has 0 atom stereocenters. The van der Waals surface area contributed by atoms with Gasteiger partial charge in [-0.3, -0.25) is 14.3 Å². The largest absolute Gasteiger partial charge is 0.444 e. The Hall–Kier alpha value is -2.74. The average Bonchev–Trinajstić information content (AvgIpc) is 3.05. The van der Waals surface area contributed by atoms with Crippen LogP contribution in [0.15, 0.2) is 35.5 Å². The van der Waals surface area contributed by atoms with Gasteiger partial charge in [-0.2, -0.15) is 0 Å². The molecule has 0 bridgehead atoms. The summed E-state index contributed by atoms with van der Waals surface area (Å²) in [6, 6.07) is 5.77. The molecule has 7 nitrogen and oxygen atoms in total. The van der Waals surface area contributed by atoms with Crippen molar-refractivity contribution >= 4 is 27.6 Å². The predicted molar refractivity (Wildman–Crippen MR) is 112 cm³/mol. The second-order valence-corrected chi connectivity index (χ2v) is 9.23. The van der Waals surface area contributed by atoms with Crippen molar-refractivity contribution < 1.29 is 9.53 Å². The van der Waals surface area contributed by atoms with Gasteiger partial charge in [-0.1, -0.05) is 6.07 Å². The molecule has 1 amide bonds. The van der Waals surface area contributed by atoms with Crippen LogP contribution < -0.4 is 5.56 Å². The molecule has 0 saturated heterocycles. The lowest BCUT2D eigenvalue weighted by molar-refractivity contribution is 0.0227. The lowest BCUT2D eigenvalue weighted by Crippen LogP contribution is -2.39. The number of thiophene rings is 1. The number of rotatable bonds is 3. The maximum absolute atomic E-state index is 13.1. The first-order valence-corrected chi connectivity index (χ1v) is 10.5. The highest BCUT2D eigenvalue weighted by atomic mass is 32.1. The Morgan fingerprint density at radius 1 is 1.28 bits per heavy atom. The molecule has 29 heavy (non-hydrogen) atoms. The molecule has 152 valence electrons. The molecule has 0 aliphatic carbocycles. The summed E-state index contributed by atoms with van der Waals surface area (Å²) in [7, 11) is 0. The minimum Gasteiger partial charge on any atom is -0.444 e. The smallest absolute Gasteiger partial charge is 0.410 e. The molecule has 0 fully saturated rings. The van der Waals surface area contributed by atoms with Crippen LogP contribution in [0.3, 0.4) is 0 Å². The molecule has 0 spiro atoms. The van der Waals surface area contributed by atoms with Gasteiger partial charge in [0.15, 0.2) is 0 Å². The summed E-state index contributed by atoms with van der Waals surface area (Å²) >= 11 is 1.49. The number of ether oxygens (including phenoxy) is 1. The van der Waals surface area contributed by atoms with E-state index in [9.17, 15) is 9.59 Å². The van der Waals surface area contributed by atoms with Crippen LogP contribution in [0.5, 0.6) is 0 Å². The number of carbonyl (C=O) groups excluding carboxylic acids is 1. The number of hydrogen-bond acceptors (Lipinski definition) is 6. The maximum atomic E-state index is 13.1. The van der Waals surface area contributed by atoms with Gasteiger partial charge in [0.25, 0.3) is 5.56 Å². The second kappa shape index (κ2) is 7.59. The molecule has 4 heterocycles. The van der Waals surface area contributed by atoms with Crippen LogP contribution in [0.2, 0.25) is 0 Å². The third-order valence-corrected chi connectivity index (χ3v) is 5.94. The average molecular weight is 413 g/mol. The van der Waals surface area contributed by atoms with Crippen molar-refractivity contribution in [3.05, 3.63) is 57.2 Å². The fraction of sp³-hybridized carbons (Fsp3) is 0.429. The first kappa shape index (κ1) is 19.6. The Labute approximate surface area is 173 Å². The van der Waals surface area contributed by atoms with Crippen LogP contribution in [-0.4, -0.2) is 37.7 Å². The molecule has 0 radical (unpaired) electrons. The van der Waals surface area contributed by atoms with Gasteiger partial charge in [-0.25, -0.2) is 9.78 Å². The second-order valence-electron chi connectivity index (χ2n) is 8.15. The van der Waals surface area contributed by atoms with Gasteiger partial charge in [-0.15, -0.1) is 11.3 Å². The van der Waals surface area contributed by atoms with Crippen molar-refractivity contribution in [1.29, 1.82) is 0 Å². The lowest BCUT2D eigenvalue weighted by Gasteiger charge is -2.29. The monoisotopic (exact) mass is 412 g/mol. The fourth-order valence-corrected chi connectivity index (χ4v) is 4.63. The number of nitrogens with zero attached hydrogens (tertiary/aromatic N) is 4. The molecule has 1 aliphatic rings. The van der Waals surface area contributed by atoms with Gasteiger partial charge in [0, 0.05) is 36.3 Å². The van der Waals surface area contributed by atoms with E-state index in [0.717, 1.165) is 21.0 Å². The number of pyridine rings is 1. The Kier molecular flexibility index (Phi) is 5.12. The van der Waals surface area contributed by atoms with Crippen LogP contribution in [0.25, 0.3) is 10.2 Å². The SMILES string of the molecule is CC(C)(C)OC(=O)N1CCc2c(sc3ncn(CCc4ccccn4)c(=O)c23)C1. The molecule has 0 N–H and O–H groups in total. The zero-order valence-electron chi connectivity index (χ0n) is 16.8. The van der Waals surface area contributed by atoms with E-state index in [0.29, 0.717) is 37.9 Å². The molecule has 3 aromatic heterocycles. The van der Waals surface area contributed by atoms with E-state index in [1.54, 1.807) is 22.0 Å². The van der Waals surface area contributed by atoms with Gasteiger partial charge >= 0.3 is 6.09 Å². The number of carbonyl (C=O) groups is 1. The number of aryl methyl sites for hydroxylation is 2. The molecular formula is C21H24N4O3S. The minimum atomic E-state index is -0.527. The van der Waals surface area contributed by atoms with Gasteiger partial charge in [0.05, 0.1) is 18.3 Å². The number of amides is 1. The van der Waals surface area contributed by atoms with E-state index in [2.05, 4.69) is 9.97 Å². The van der Waals surface area contributed by atoms with Crippen LogP contribution in [0, 0.1) is 0 Å². The highest BCUT2D eigenvalue weighted by molar-refractivity contribution is 7.18. The Balaban J connectivity index is 1.57. The molecule has 3 aromatic rings. The van der Waals surface area contributed by atoms with Crippen LogP contribution >= 0.6 is 11.3 Å². The molecular weight excluding hydrogens is 388 g/mol. The molecule has 8 heteroatoms. The van der Waals surface area contributed by atoms with E-state index < -0.39 is 5.60 Å². The summed E-state index contributed by atoms with van der Waals surface area (Å²) in [4.78, 5) is 37.8. The van der Waals surface area contributed by atoms with Gasteiger partial charge in [0.1, 0.15) is 10.4 Å². The molecule has 1 aliphatic heterocycles. The van der Waals surface area contributed by atoms with Crippen molar-refractivity contribution in [3.8, 4) is 0 Å². The van der Waals surface area contributed by atoms with Crippen LogP contribution in [0.1, 0.15) is 36.9 Å². The van der Waals surface area contributed by atoms with Crippen molar-refractivity contribution in [3.63, 3.8) is 0 Å². The van der Waals surface area contributed by atoms with E-state index in [1.165, 1.54) is 11.3 Å². The topological polar surface area (TPSA) is 77.3 Å². The fourth-order valence-electron chi connectivity index (χ4n) is 3.44. The van der Waals surface area contributed by atoms with Gasteiger partial charge < -0.3 is 9.64 Å². The highest BCUT2D eigenvalue weighted by Crippen LogP contribution is 2.32. The number of fused-ring (bicyclic) bond motifs is 3. The maximum Gasteiger partial charge on any atom is 0.410 e. The summed E-state index contributed by atoms with van der Waals surface area (Å²) in [5, 5.41) is 0.692. The van der Waals surface area contributed by atoms with Crippen LogP contribution in [-0.2, 0) is 30.7 Å². The van der Waals surface area contributed by atoms with Gasteiger partial charge in [-0.05, 0) is 44.9 Å². The predicted octanol–water partition coefficient (Wildman–Crippen LogP) is 3.39. The molecule has 0 saturated carbocycles. The first-order chi connectivity index (χ1) is 13.8. The quantitative estimate of drug-likeness (QED) is 0.659. The molecule has 0 unspecified atom stereocenters. The zero-order chi connectivity index (χ0) is 20.6. The lowest BCUT2D eigenvalue weighted by atomic mass is 10.1. The zero-order valence-corrected chi connectivity index (χ0v) is 17.7. The Morgan fingerprint density at radius 3 is 2.83 bits per heavy atom. The number of aromatic nitrogens is 3. The van der Waals surface area contributed by atoms with Crippen LogP contribution in [0.4, 0.5) is 4.79 Å². The third kappa shape index (κ3) is 4.17. The van der Waals surface area contributed by atoms with E-state index in [1.807, 2.05) is 39.0 Å². The van der Waals surface area contributed by atoms with E-state index >= 15 is 0 Å². The highest BCUT2D eigenvalue weighted by Gasteiger charge is 2.29. The standard InChI is InChI=1S/C21H24N4O3S/c1-21(2,3)28-20(27)24-11-8-15-16(12-24)29-18-17(15)19(26)25(13-23-18)10-7-14-6-4-5-9-22-14/h4-6,9,13H,7-8,10-12H2,1-3H3. The molecule has 0 aromatic carbocycles. The summed E-state index contributed by atoms with van der Waals surface area (Å²) in [5.41, 5.74) is 1.42. The van der Waals surface area contributed by atoms with E-state index in [4.69, 9.17) is 4.74 Å². The minimum absolute atomic E-state index is 0.0193.